The number of hydrogen-bond donors (Lipinski definition) is 2. The lowest BCUT2D eigenvalue weighted by Gasteiger charge is -2.20. The Morgan fingerprint density at radius 2 is 1.91 bits per heavy atom. The van der Waals surface area contributed by atoms with E-state index in [2.05, 4.69) is 5.32 Å². The van der Waals surface area contributed by atoms with Gasteiger partial charge in [-0.2, -0.15) is 0 Å². The van der Waals surface area contributed by atoms with Gasteiger partial charge < -0.3 is 10.4 Å². The summed E-state index contributed by atoms with van der Waals surface area (Å²) in [4.78, 5) is 24.2. The monoisotopic (exact) mass is 351 g/mol. The van der Waals surface area contributed by atoms with E-state index in [1.54, 1.807) is 6.07 Å². The molecule has 2 unspecified atom stereocenters. The minimum absolute atomic E-state index is 0.000940. The van der Waals surface area contributed by atoms with Crippen LogP contribution < -0.4 is 5.32 Å². The van der Waals surface area contributed by atoms with Gasteiger partial charge in [-0.3, -0.25) is 9.59 Å². The van der Waals surface area contributed by atoms with Crippen molar-refractivity contribution in [2.75, 3.05) is 0 Å². The molecule has 0 radical (unpaired) electrons. The summed E-state index contributed by atoms with van der Waals surface area (Å²) in [7, 11) is 0. The van der Waals surface area contributed by atoms with Gasteiger partial charge in [0.05, 0.1) is 16.3 Å². The van der Waals surface area contributed by atoms with E-state index in [9.17, 15) is 9.59 Å². The molecule has 0 aliphatic carbocycles. The van der Waals surface area contributed by atoms with Crippen molar-refractivity contribution in [3.8, 4) is 0 Å². The molecule has 122 valence electrons. The molecule has 0 spiro atoms. The van der Waals surface area contributed by atoms with Gasteiger partial charge in [0, 0.05) is 11.3 Å². The Balaban J connectivity index is 2.10. The topological polar surface area (TPSA) is 66.4 Å². The molecule has 1 aromatic heterocycles. The second kappa shape index (κ2) is 8.13. The van der Waals surface area contributed by atoms with Crippen molar-refractivity contribution < 1.29 is 14.7 Å². The third-order valence-corrected chi connectivity index (χ3v) is 4.99. The molecule has 2 atom stereocenters. The summed E-state index contributed by atoms with van der Waals surface area (Å²) in [6.45, 7) is 1.82. The van der Waals surface area contributed by atoms with E-state index in [-0.39, 0.29) is 24.3 Å². The van der Waals surface area contributed by atoms with Crippen LogP contribution >= 0.6 is 22.9 Å². The van der Waals surface area contributed by atoms with E-state index < -0.39 is 5.97 Å². The first kappa shape index (κ1) is 17.5. The van der Waals surface area contributed by atoms with Gasteiger partial charge in [-0.1, -0.05) is 41.9 Å². The standard InChI is InChI=1S/C17H18ClNO3S/c1-11(14-8-9-15(18)23-14)17(22)19-13(7-10-16(20)21)12-5-3-2-4-6-12/h2-6,8-9,11,13H,7,10H2,1H3,(H,19,22)(H,20,21). The summed E-state index contributed by atoms with van der Waals surface area (Å²) in [6, 6.07) is 12.7. The fourth-order valence-corrected chi connectivity index (χ4v) is 3.37. The molecule has 2 aromatic rings. The van der Waals surface area contributed by atoms with Crippen molar-refractivity contribution in [1.29, 1.82) is 0 Å². The lowest BCUT2D eigenvalue weighted by atomic mass is 10.0. The second-order valence-corrected chi connectivity index (χ2v) is 7.01. The first-order chi connectivity index (χ1) is 11.0. The number of halogens is 1. The fraction of sp³-hybridized carbons (Fsp3) is 0.294. The zero-order chi connectivity index (χ0) is 16.8. The van der Waals surface area contributed by atoms with E-state index in [1.165, 1.54) is 11.3 Å². The molecule has 0 saturated carbocycles. The molecule has 1 aromatic carbocycles. The van der Waals surface area contributed by atoms with Gasteiger partial charge in [-0.15, -0.1) is 11.3 Å². The van der Waals surface area contributed by atoms with Crippen LogP contribution in [0.25, 0.3) is 0 Å². The van der Waals surface area contributed by atoms with E-state index in [4.69, 9.17) is 16.7 Å². The number of carbonyl (C=O) groups is 2. The Kier molecular flexibility index (Phi) is 6.19. The zero-order valence-corrected chi connectivity index (χ0v) is 14.2. The zero-order valence-electron chi connectivity index (χ0n) is 12.7. The maximum Gasteiger partial charge on any atom is 0.303 e. The first-order valence-electron chi connectivity index (χ1n) is 7.29. The van der Waals surface area contributed by atoms with E-state index >= 15 is 0 Å². The van der Waals surface area contributed by atoms with Crippen LogP contribution in [0.2, 0.25) is 4.34 Å². The molecule has 0 aliphatic heterocycles. The van der Waals surface area contributed by atoms with Gasteiger partial charge in [0.2, 0.25) is 5.91 Å². The molecule has 6 heteroatoms. The third kappa shape index (κ3) is 5.08. The SMILES string of the molecule is CC(C(=O)NC(CCC(=O)O)c1ccccc1)c1ccc(Cl)s1. The minimum atomic E-state index is -0.877. The van der Waals surface area contributed by atoms with Crippen molar-refractivity contribution in [2.24, 2.45) is 0 Å². The summed E-state index contributed by atoms with van der Waals surface area (Å²) < 4.78 is 0.644. The van der Waals surface area contributed by atoms with Gasteiger partial charge in [0.1, 0.15) is 0 Å². The maximum absolute atomic E-state index is 12.5. The van der Waals surface area contributed by atoms with Crippen molar-refractivity contribution >= 4 is 34.8 Å². The van der Waals surface area contributed by atoms with Crippen molar-refractivity contribution in [3.05, 3.63) is 57.2 Å². The fourth-order valence-electron chi connectivity index (χ4n) is 2.26. The smallest absolute Gasteiger partial charge is 0.303 e. The van der Waals surface area contributed by atoms with Gasteiger partial charge in [-0.05, 0) is 31.0 Å². The molecule has 0 fully saturated rings. The van der Waals surface area contributed by atoms with Crippen molar-refractivity contribution in [1.82, 2.24) is 5.32 Å². The van der Waals surface area contributed by atoms with E-state index in [0.29, 0.717) is 10.8 Å². The largest absolute Gasteiger partial charge is 0.481 e. The molecular formula is C17H18ClNO3S. The van der Waals surface area contributed by atoms with Crippen LogP contribution in [0.5, 0.6) is 0 Å². The molecule has 0 bridgehead atoms. The highest BCUT2D eigenvalue weighted by Crippen LogP contribution is 2.29. The first-order valence-corrected chi connectivity index (χ1v) is 8.49. The van der Waals surface area contributed by atoms with Crippen LogP contribution in [-0.4, -0.2) is 17.0 Å². The van der Waals surface area contributed by atoms with E-state index in [0.717, 1.165) is 10.4 Å². The molecule has 2 rings (SSSR count). The minimum Gasteiger partial charge on any atom is -0.481 e. The normalized spacial score (nSPS) is 13.3. The number of amides is 1. The highest BCUT2D eigenvalue weighted by molar-refractivity contribution is 7.16. The Bertz CT molecular complexity index is 671. The number of hydrogen-bond acceptors (Lipinski definition) is 3. The molecular weight excluding hydrogens is 334 g/mol. The predicted molar refractivity (Wildman–Crippen MR) is 91.9 cm³/mol. The van der Waals surface area contributed by atoms with Gasteiger partial charge in [0.15, 0.2) is 0 Å². The lowest BCUT2D eigenvalue weighted by molar-refractivity contribution is -0.137. The van der Waals surface area contributed by atoms with Crippen LogP contribution in [0.15, 0.2) is 42.5 Å². The van der Waals surface area contributed by atoms with Gasteiger partial charge in [0.25, 0.3) is 0 Å². The van der Waals surface area contributed by atoms with Crippen LogP contribution in [0.1, 0.15) is 42.2 Å². The Morgan fingerprint density at radius 3 is 2.48 bits per heavy atom. The summed E-state index contributed by atoms with van der Waals surface area (Å²) in [6.07, 6.45) is 0.349. The summed E-state index contributed by atoms with van der Waals surface area (Å²) in [5.74, 6) is -1.34. The second-order valence-electron chi connectivity index (χ2n) is 5.27. The number of thiophene rings is 1. The van der Waals surface area contributed by atoms with Gasteiger partial charge in [-0.25, -0.2) is 0 Å². The lowest BCUT2D eigenvalue weighted by Crippen LogP contribution is -2.32. The van der Waals surface area contributed by atoms with Crippen LogP contribution in [0.3, 0.4) is 0 Å². The van der Waals surface area contributed by atoms with E-state index in [1.807, 2.05) is 43.3 Å². The molecule has 1 heterocycles. The number of carboxylic acid groups (broad SMARTS) is 1. The number of rotatable bonds is 7. The number of benzene rings is 1. The molecule has 1 amide bonds. The predicted octanol–water partition coefficient (Wildman–Crippen LogP) is 4.23. The maximum atomic E-state index is 12.5. The van der Waals surface area contributed by atoms with Crippen molar-refractivity contribution in [3.63, 3.8) is 0 Å². The average molecular weight is 352 g/mol. The highest BCUT2D eigenvalue weighted by atomic mass is 35.5. The average Bonchev–Trinajstić information content (AvgIpc) is 2.97. The third-order valence-electron chi connectivity index (χ3n) is 3.58. The van der Waals surface area contributed by atoms with Crippen LogP contribution in [0.4, 0.5) is 0 Å². The molecule has 23 heavy (non-hydrogen) atoms. The number of carboxylic acids is 1. The van der Waals surface area contributed by atoms with Crippen LogP contribution in [0, 0.1) is 0 Å². The summed E-state index contributed by atoms with van der Waals surface area (Å²) >= 11 is 7.29. The number of carbonyl (C=O) groups excluding carboxylic acids is 1. The number of aliphatic carboxylic acids is 1. The summed E-state index contributed by atoms with van der Waals surface area (Å²) in [5.41, 5.74) is 0.901. The highest BCUT2D eigenvalue weighted by Gasteiger charge is 2.22. The summed E-state index contributed by atoms with van der Waals surface area (Å²) in [5, 5.41) is 11.9. The Labute approximate surface area is 144 Å². The molecule has 0 aliphatic rings. The quantitative estimate of drug-likeness (QED) is 0.784. The van der Waals surface area contributed by atoms with Crippen molar-refractivity contribution in [2.45, 2.75) is 31.7 Å². The molecule has 0 saturated heterocycles. The van der Waals surface area contributed by atoms with Gasteiger partial charge >= 0.3 is 5.97 Å². The Hall–Kier alpha value is -1.85. The molecule has 4 nitrogen and oxygen atoms in total. The Morgan fingerprint density at radius 1 is 1.22 bits per heavy atom. The van der Waals surface area contributed by atoms with Crippen LogP contribution in [-0.2, 0) is 9.59 Å². The molecule has 2 N–H and O–H groups in total. The number of nitrogens with one attached hydrogen (secondary N) is 1.